The maximum Gasteiger partial charge on any atom is 0.138 e. The van der Waals surface area contributed by atoms with E-state index in [0.717, 1.165) is 12.8 Å². The molecular weight excluding hydrogens is 252 g/mol. The molecule has 0 bridgehead atoms. The van der Waals surface area contributed by atoms with Crippen LogP contribution in [-0.4, -0.2) is 22.9 Å². The zero-order valence-corrected chi connectivity index (χ0v) is 11.2. The van der Waals surface area contributed by atoms with Gasteiger partial charge in [0.25, 0.3) is 0 Å². The van der Waals surface area contributed by atoms with Crippen molar-refractivity contribution in [3.05, 3.63) is 28.8 Å². The summed E-state index contributed by atoms with van der Waals surface area (Å²) in [4.78, 5) is 0. The molecule has 1 aliphatic rings. The average Bonchev–Trinajstić information content (AvgIpc) is 2.33. The summed E-state index contributed by atoms with van der Waals surface area (Å²) in [5.74, 6) is 0.466. The summed E-state index contributed by atoms with van der Waals surface area (Å²) in [5, 5.41) is 19.5. The third-order valence-electron chi connectivity index (χ3n) is 3.47. The minimum absolute atomic E-state index is 0.0564. The van der Waals surface area contributed by atoms with Gasteiger partial charge in [-0.1, -0.05) is 24.6 Å². The monoisotopic (exact) mass is 270 g/mol. The van der Waals surface area contributed by atoms with E-state index < -0.39 is 6.10 Å². The number of hydrogen-bond acceptors (Lipinski definition) is 3. The van der Waals surface area contributed by atoms with Gasteiger partial charge in [0.05, 0.1) is 17.2 Å². The van der Waals surface area contributed by atoms with E-state index in [9.17, 15) is 5.11 Å². The van der Waals surface area contributed by atoms with Crippen LogP contribution in [0.4, 0.5) is 0 Å². The Balaban J connectivity index is 2.08. The number of halogens is 1. The molecule has 0 saturated heterocycles. The molecule has 2 N–H and O–H groups in total. The highest BCUT2D eigenvalue weighted by molar-refractivity contribution is 6.32. The van der Waals surface area contributed by atoms with Gasteiger partial charge in [-0.2, -0.15) is 0 Å². The lowest BCUT2D eigenvalue weighted by molar-refractivity contribution is 0.0768. The molecule has 1 aliphatic carbocycles. The molecule has 0 aromatic heterocycles. The zero-order chi connectivity index (χ0) is 13.1. The second-order valence-electron chi connectivity index (χ2n) is 4.97. The molecule has 0 amide bonds. The number of aliphatic hydroxyl groups excluding tert-OH is 2. The Morgan fingerprint density at radius 2 is 2.17 bits per heavy atom. The van der Waals surface area contributed by atoms with Gasteiger partial charge in [-0.25, -0.2) is 0 Å². The van der Waals surface area contributed by atoms with Crippen LogP contribution < -0.4 is 4.74 Å². The van der Waals surface area contributed by atoms with Crippen molar-refractivity contribution in [1.29, 1.82) is 0 Å². The van der Waals surface area contributed by atoms with Gasteiger partial charge in [-0.3, -0.25) is 0 Å². The number of ether oxygens (including phenoxy) is 1. The van der Waals surface area contributed by atoms with Gasteiger partial charge >= 0.3 is 0 Å². The minimum Gasteiger partial charge on any atom is -0.489 e. The normalized spacial score (nSPS) is 19.1. The second kappa shape index (κ2) is 5.91. The first-order valence-corrected chi connectivity index (χ1v) is 6.74. The number of rotatable bonds is 5. The maximum absolute atomic E-state index is 9.98. The minimum atomic E-state index is -0.703. The van der Waals surface area contributed by atoms with Gasteiger partial charge in [0.1, 0.15) is 5.75 Å². The number of aliphatic hydroxyl groups is 2. The van der Waals surface area contributed by atoms with E-state index in [1.165, 1.54) is 6.42 Å². The average molecular weight is 271 g/mol. The van der Waals surface area contributed by atoms with Crippen LogP contribution in [0.25, 0.3) is 0 Å². The zero-order valence-electron chi connectivity index (χ0n) is 10.5. The quantitative estimate of drug-likeness (QED) is 0.865. The van der Waals surface area contributed by atoms with Crippen LogP contribution in [-0.2, 0) is 0 Å². The summed E-state index contributed by atoms with van der Waals surface area (Å²) in [5.41, 5.74) is 0.711. The van der Waals surface area contributed by atoms with Crippen LogP contribution in [0.2, 0.25) is 5.02 Å². The first-order chi connectivity index (χ1) is 8.61. The smallest absolute Gasteiger partial charge is 0.138 e. The molecule has 2 atom stereocenters. The molecule has 0 spiro atoms. The van der Waals surface area contributed by atoms with E-state index in [4.69, 9.17) is 21.4 Å². The molecule has 0 radical (unpaired) electrons. The van der Waals surface area contributed by atoms with Crippen molar-refractivity contribution >= 4 is 11.6 Å². The van der Waals surface area contributed by atoms with Crippen LogP contribution in [0.1, 0.15) is 37.9 Å². The van der Waals surface area contributed by atoms with E-state index in [0.29, 0.717) is 16.3 Å². The summed E-state index contributed by atoms with van der Waals surface area (Å²) in [6.07, 6.45) is 2.97. The molecule has 1 aromatic rings. The molecule has 0 heterocycles. The standard InChI is InChI=1S/C14H19ClO3/c1-9(8-16)14(17)10-5-6-13(12(15)7-10)18-11-3-2-4-11/h5-7,9,11,14,16-17H,2-4,8H2,1H3/t9-,14+/m1/s1. The topological polar surface area (TPSA) is 49.7 Å². The third kappa shape index (κ3) is 2.97. The molecule has 1 aromatic carbocycles. The predicted molar refractivity (Wildman–Crippen MR) is 70.9 cm³/mol. The van der Waals surface area contributed by atoms with E-state index in [-0.39, 0.29) is 18.6 Å². The molecule has 1 saturated carbocycles. The van der Waals surface area contributed by atoms with Crippen LogP contribution in [0.3, 0.4) is 0 Å². The third-order valence-corrected chi connectivity index (χ3v) is 3.77. The fourth-order valence-electron chi connectivity index (χ4n) is 1.89. The van der Waals surface area contributed by atoms with Crippen molar-refractivity contribution in [2.24, 2.45) is 5.92 Å². The first kappa shape index (κ1) is 13.7. The van der Waals surface area contributed by atoms with Crippen molar-refractivity contribution in [1.82, 2.24) is 0 Å². The fourth-order valence-corrected chi connectivity index (χ4v) is 2.13. The lowest BCUT2D eigenvalue weighted by atomic mass is 9.96. The van der Waals surface area contributed by atoms with Gasteiger partial charge in [0, 0.05) is 12.5 Å². The lowest BCUT2D eigenvalue weighted by Gasteiger charge is -2.27. The Bertz CT molecular complexity index is 404. The van der Waals surface area contributed by atoms with Gasteiger partial charge in [0.15, 0.2) is 0 Å². The Hall–Kier alpha value is -0.770. The molecule has 0 aliphatic heterocycles. The number of hydrogen-bond donors (Lipinski definition) is 2. The Morgan fingerprint density at radius 3 is 2.67 bits per heavy atom. The molecule has 2 rings (SSSR count). The number of benzene rings is 1. The van der Waals surface area contributed by atoms with Crippen molar-refractivity contribution < 1.29 is 14.9 Å². The summed E-state index contributed by atoms with van der Waals surface area (Å²) in [6, 6.07) is 5.31. The van der Waals surface area contributed by atoms with Gasteiger partial charge in [-0.15, -0.1) is 0 Å². The van der Waals surface area contributed by atoms with E-state index in [1.807, 2.05) is 0 Å². The van der Waals surface area contributed by atoms with E-state index in [1.54, 1.807) is 25.1 Å². The fraction of sp³-hybridized carbons (Fsp3) is 0.571. The van der Waals surface area contributed by atoms with Crippen LogP contribution in [0.15, 0.2) is 18.2 Å². The Kier molecular flexibility index (Phi) is 4.49. The molecule has 4 heteroatoms. The molecule has 18 heavy (non-hydrogen) atoms. The molecule has 100 valence electrons. The van der Waals surface area contributed by atoms with Gasteiger partial charge < -0.3 is 14.9 Å². The largest absolute Gasteiger partial charge is 0.489 e. The SMILES string of the molecule is C[C@H](CO)[C@H](O)c1ccc(OC2CCC2)c(Cl)c1. The summed E-state index contributed by atoms with van der Waals surface area (Å²) in [6.45, 7) is 1.73. The maximum atomic E-state index is 9.98. The van der Waals surface area contributed by atoms with Crippen molar-refractivity contribution in [2.75, 3.05) is 6.61 Å². The van der Waals surface area contributed by atoms with E-state index in [2.05, 4.69) is 0 Å². The van der Waals surface area contributed by atoms with Crippen LogP contribution in [0.5, 0.6) is 5.75 Å². The highest BCUT2D eigenvalue weighted by Gasteiger charge is 2.21. The first-order valence-electron chi connectivity index (χ1n) is 6.37. The van der Waals surface area contributed by atoms with Crippen LogP contribution >= 0.6 is 11.6 Å². The molecule has 3 nitrogen and oxygen atoms in total. The summed E-state index contributed by atoms with van der Waals surface area (Å²) >= 11 is 6.15. The second-order valence-corrected chi connectivity index (χ2v) is 5.37. The molecular formula is C14H19ClO3. The molecule has 1 fully saturated rings. The lowest BCUT2D eigenvalue weighted by Crippen LogP contribution is -2.24. The predicted octanol–water partition coefficient (Wildman–Crippen LogP) is 2.93. The summed E-state index contributed by atoms with van der Waals surface area (Å²) < 4.78 is 5.74. The highest BCUT2D eigenvalue weighted by Crippen LogP contribution is 2.33. The van der Waals surface area contributed by atoms with Crippen molar-refractivity contribution in [2.45, 2.75) is 38.4 Å². The highest BCUT2D eigenvalue weighted by atomic mass is 35.5. The Labute approximate surface area is 112 Å². The van der Waals surface area contributed by atoms with Crippen LogP contribution in [0, 0.1) is 5.92 Å². The van der Waals surface area contributed by atoms with Crippen molar-refractivity contribution in [3.8, 4) is 5.75 Å². The Morgan fingerprint density at radius 1 is 1.44 bits per heavy atom. The van der Waals surface area contributed by atoms with Crippen molar-refractivity contribution in [3.63, 3.8) is 0 Å². The van der Waals surface area contributed by atoms with E-state index >= 15 is 0 Å². The summed E-state index contributed by atoms with van der Waals surface area (Å²) in [7, 11) is 0. The molecule has 0 unspecified atom stereocenters. The van der Waals surface area contributed by atoms with Gasteiger partial charge in [0.2, 0.25) is 0 Å². The van der Waals surface area contributed by atoms with Gasteiger partial charge in [-0.05, 0) is 37.0 Å².